The first kappa shape index (κ1) is 13.0. The summed E-state index contributed by atoms with van der Waals surface area (Å²) in [6, 6.07) is 13.6. The highest BCUT2D eigenvalue weighted by Gasteiger charge is 2.03. The van der Waals surface area contributed by atoms with Crippen molar-refractivity contribution >= 4 is 12.0 Å². The third-order valence-electron chi connectivity index (χ3n) is 2.72. The predicted octanol–water partition coefficient (Wildman–Crippen LogP) is 2.80. The number of nitrogens with zero attached hydrogens (tertiary/aromatic N) is 1. The lowest BCUT2D eigenvalue weighted by atomic mass is 10.1. The number of carbonyl (C=O) groups is 1. The second-order valence-electron chi connectivity index (χ2n) is 4.28. The molecule has 0 aliphatic heterocycles. The number of pyridine rings is 1. The van der Waals surface area contributed by atoms with Crippen molar-refractivity contribution in [3.63, 3.8) is 0 Å². The molecule has 0 spiro atoms. The maximum atomic E-state index is 11.9. The number of aromatic nitrogens is 1. The van der Waals surface area contributed by atoms with Crippen molar-refractivity contribution in [2.24, 2.45) is 0 Å². The van der Waals surface area contributed by atoms with Gasteiger partial charge in [0.15, 0.2) is 0 Å². The molecule has 1 aromatic carbocycles. The van der Waals surface area contributed by atoms with Crippen LogP contribution in [0.5, 0.6) is 0 Å². The molecular formula is C16H16N2O. The van der Waals surface area contributed by atoms with Crippen LogP contribution in [0.15, 0.2) is 60.4 Å². The molecule has 2 aromatic rings. The van der Waals surface area contributed by atoms with Crippen molar-refractivity contribution in [3.05, 3.63) is 71.6 Å². The van der Waals surface area contributed by atoms with Crippen LogP contribution >= 0.6 is 0 Å². The lowest BCUT2D eigenvalue weighted by Crippen LogP contribution is -2.23. The highest BCUT2D eigenvalue weighted by molar-refractivity contribution is 5.97. The Balaban J connectivity index is 1.95. The number of hydrogen-bond acceptors (Lipinski definition) is 2. The number of rotatable bonds is 4. The van der Waals surface area contributed by atoms with Gasteiger partial charge in [0.2, 0.25) is 5.91 Å². The van der Waals surface area contributed by atoms with Gasteiger partial charge in [0.1, 0.15) is 0 Å². The topological polar surface area (TPSA) is 42.0 Å². The summed E-state index contributed by atoms with van der Waals surface area (Å²) in [5, 5.41) is 2.87. The summed E-state index contributed by atoms with van der Waals surface area (Å²) < 4.78 is 0. The van der Waals surface area contributed by atoms with Gasteiger partial charge in [0, 0.05) is 24.5 Å². The van der Waals surface area contributed by atoms with Crippen LogP contribution in [0.3, 0.4) is 0 Å². The minimum absolute atomic E-state index is 0.0623. The summed E-state index contributed by atoms with van der Waals surface area (Å²) in [6.07, 6.45) is 5.33. The van der Waals surface area contributed by atoms with Crippen LogP contribution in [-0.4, -0.2) is 10.9 Å². The number of amides is 1. The third kappa shape index (κ3) is 4.07. The van der Waals surface area contributed by atoms with Gasteiger partial charge in [0.05, 0.1) is 0 Å². The summed E-state index contributed by atoms with van der Waals surface area (Å²) in [7, 11) is 0. The van der Waals surface area contributed by atoms with Gasteiger partial charge in [-0.25, -0.2) is 0 Å². The lowest BCUT2D eigenvalue weighted by molar-refractivity contribution is -0.117. The van der Waals surface area contributed by atoms with Crippen molar-refractivity contribution in [2.45, 2.75) is 13.5 Å². The minimum Gasteiger partial charge on any atom is -0.348 e. The molecule has 3 heteroatoms. The fourth-order valence-electron chi connectivity index (χ4n) is 1.69. The first-order valence-electron chi connectivity index (χ1n) is 6.16. The van der Waals surface area contributed by atoms with E-state index in [2.05, 4.69) is 10.3 Å². The van der Waals surface area contributed by atoms with Crippen molar-refractivity contribution < 1.29 is 4.79 Å². The fraction of sp³-hybridized carbons (Fsp3) is 0.125. The average Bonchev–Trinajstić information content (AvgIpc) is 2.47. The Kier molecular flexibility index (Phi) is 4.45. The monoisotopic (exact) mass is 252 g/mol. The van der Waals surface area contributed by atoms with E-state index >= 15 is 0 Å². The molecule has 1 amide bonds. The summed E-state index contributed by atoms with van der Waals surface area (Å²) in [6.45, 7) is 2.30. The summed E-state index contributed by atoms with van der Waals surface area (Å²) in [5.41, 5.74) is 2.70. The zero-order valence-corrected chi connectivity index (χ0v) is 10.8. The molecule has 96 valence electrons. The number of nitrogens with one attached hydrogen (secondary N) is 1. The third-order valence-corrected chi connectivity index (χ3v) is 2.72. The molecule has 1 aromatic heterocycles. The second kappa shape index (κ2) is 6.50. The summed E-state index contributed by atoms with van der Waals surface area (Å²) >= 11 is 0. The van der Waals surface area contributed by atoms with Crippen LogP contribution < -0.4 is 5.32 Å². The largest absolute Gasteiger partial charge is 0.348 e. The maximum absolute atomic E-state index is 11.9. The second-order valence-corrected chi connectivity index (χ2v) is 4.28. The number of carbonyl (C=O) groups excluding carboxylic acids is 1. The van der Waals surface area contributed by atoms with E-state index in [0.29, 0.717) is 12.1 Å². The predicted molar refractivity (Wildman–Crippen MR) is 76.2 cm³/mol. The normalized spacial score (nSPS) is 11.1. The van der Waals surface area contributed by atoms with Gasteiger partial charge in [-0.05, 0) is 30.2 Å². The van der Waals surface area contributed by atoms with E-state index in [-0.39, 0.29) is 5.91 Å². The SMILES string of the molecule is C/C(=C/c1ccccc1)C(=O)NCc1cccnc1. The molecule has 0 radical (unpaired) electrons. The molecule has 1 heterocycles. The quantitative estimate of drug-likeness (QED) is 0.850. The summed E-state index contributed by atoms with van der Waals surface area (Å²) in [4.78, 5) is 15.9. The first-order valence-corrected chi connectivity index (χ1v) is 6.16. The van der Waals surface area contributed by atoms with E-state index in [9.17, 15) is 4.79 Å². The van der Waals surface area contributed by atoms with Crippen molar-refractivity contribution in [2.75, 3.05) is 0 Å². The Morgan fingerprint density at radius 1 is 1.21 bits per heavy atom. The van der Waals surface area contributed by atoms with Gasteiger partial charge in [-0.1, -0.05) is 36.4 Å². The molecule has 0 unspecified atom stereocenters. The molecule has 0 bridgehead atoms. The molecule has 0 aliphatic rings. The van der Waals surface area contributed by atoms with Crippen molar-refractivity contribution in [1.29, 1.82) is 0 Å². The van der Waals surface area contributed by atoms with E-state index in [4.69, 9.17) is 0 Å². The van der Waals surface area contributed by atoms with Crippen LogP contribution in [0.2, 0.25) is 0 Å². The van der Waals surface area contributed by atoms with Gasteiger partial charge in [0.25, 0.3) is 0 Å². The van der Waals surface area contributed by atoms with Crippen LogP contribution in [0.1, 0.15) is 18.1 Å². The van der Waals surface area contributed by atoms with E-state index in [0.717, 1.165) is 11.1 Å². The van der Waals surface area contributed by atoms with Crippen LogP contribution in [-0.2, 0) is 11.3 Å². The van der Waals surface area contributed by atoms with Gasteiger partial charge in [-0.15, -0.1) is 0 Å². The number of hydrogen-bond donors (Lipinski definition) is 1. The Hall–Kier alpha value is -2.42. The molecule has 0 aliphatic carbocycles. The zero-order valence-electron chi connectivity index (χ0n) is 10.8. The molecule has 2 rings (SSSR count). The van der Waals surface area contributed by atoms with Gasteiger partial charge in [-0.2, -0.15) is 0 Å². The Morgan fingerprint density at radius 2 is 2.00 bits per heavy atom. The zero-order chi connectivity index (χ0) is 13.5. The number of benzene rings is 1. The van der Waals surface area contributed by atoms with Crippen LogP contribution in [0.4, 0.5) is 0 Å². The van der Waals surface area contributed by atoms with E-state index < -0.39 is 0 Å². The molecule has 0 saturated heterocycles. The van der Waals surface area contributed by atoms with Gasteiger partial charge >= 0.3 is 0 Å². The van der Waals surface area contributed by atoms with Crippen LogP contribution in [0, 0.1) is 0 Å². The molecule has 0 fully saturated rings. The highest BCUT2D eigenvalue weighted by atomic mass is 16.1. The molecule has 0 atom stereocenters. The Morgan fingerprint density at radius 3 is 2.68 bits per heavy atom. The minimum atomic E-state index is -0.0623. The maximum Gasteiger partial charge on any atom is 0.247 e. The summed E-state index contributed by atoms with van der Waals surface area (Å²) in [5.74, 6) is -0.0623. The fourth-order valence-corrected chi connectivity index (χ4v) is 1.69. The Bertz CT molecular complexity index is 562. The molecule has 1 N–H and O–H groups in total. The van der Waals surface area contributed by atoms with E-state index in [1.807, 2.05) is 55.5 Å². The van der Waals surface area contributed by atoms with Gasteiger partial charge < -0.3 is 5.32 Å². The average molecular weight is 252 g/mol. The molecule has 19 heavy (non-hydrogen) atoms. The van der Waals surface area contributed by atoms with E-state index in [1.165, 1.54) is 0 Å². The van der Waals surface area contributed by atoms with Gasteiger partial charge in [-0.3, -0.25) is 9.78 Å². The van der Waals surface area contributed by atoms with E-state index in [1.54, 1.807) is 12.4 Å². The highest BCUT2D eigenvalue weighted by Crippen LogP contribution is 2.06. The Labute approximate surface area is 113 Å². The van der Waals surface area contributed by atoms with Crippen molar-refractivity contribution in [3.8, 4) is 0 Å². The lowest BCUT2D eigenvalue weighted by Gasteiger charge is -2.05. The molecule has 3 nitrogen and oxygen atoms in total. The molecule has 0 saturated carbocycles. The standard InChI is InChI=1S/C16H16N2O/c1-13(10-14-6-3-2-4-7-14)16(19)18-12-15-8-5-9-17-11-15/h2-11H,12H2,1H3,(H,18,19)/b13-10-. The van der Waals surface area contributed by atoms with Crippen molar-refractivity contribution in [1.82, 2.24) is 10.3 Å². The smallest absolute Gasteiger partial charge is 0.247 e. The van der Waals surface area contributed by atoms with Crippen LogP contribution in [0.25, 0.3) is 6.08 Å². The first-order chi connectivity index (χ1) is 9.25. The molecular weight excluding hydrogens is 236 g/mol.